The van der Waals surface area contributed by atoms with Gasteiger partial charge in [-0.1, -0.05) is 6.42 Å². The van der Waals surface area contributed by atoms with Crippen LogP contribution >= 0.6 is 0 Å². The van der Waals surface area contributed by atoms with Gasteiger partial charge >= 0.3 is 0 Å². The smallest absolute Gasteiger partial charge is 0.216 e. The van der Waals surface area contributed by atoms with E-state index in [0.29, 0.717) is 19.6 Å². The summed E-state index contributed by atoms with van der Waals surface area (Å²) in [6.45, 7) is 2.99. The van der Waals surface area contributed by atoms with E-state index in [2.05, 4.69) is 0 Å². The van der Waals surface area contributed by atoms with Crippen LogP contribution in [-0.2, 0) is 14.8 Å². The molecule has 0 bridgehead atoms. The van der Waals surface area contributed by atoms with Gasteiger partial charge < -0.3 is 9.84 Å². The van der Waals surface area contributed by atoms with Gasteiger partial charge in [0.25, 0.3) is 0 Å². The maximum Gasteiger partial charge on any atom is 0.216 e. The molecule has 0 aromatic heterocycles. The van der Waals surface area contributed by atoms with Crippen LogP contribution in [0.25, 0.3) is 0 Å². The van der Waals surface area contributed by atoms with Gasteiger partial charge in [0.05, 0.1) is 18.0 Å². The number of nitrogens with zero attached hydrogens (tertiary/aromatic N) is 1. The monoisotopic (exact) mass is 291 g/mol. The lowest BCUT2D eigenvalue weighted by atomic mass is 10.00. The van der Waals surface area contributed by atoms with Gasteiger partial charge in [0, 0.05) is 19.2 Å². The number of ether oxygens (including phenoxy) is 1. The first-order valence-corrected chi connectivity index (χ1v) is 8.89. The van der Waals surface area contributed by atoms with Crippen molar-refractivity contribution in [2.24, 2.45) is 0 Å². The van der Waals surface area contributed by atoms with Crippen molar-refractivity contribution in [1.29, 1.82) is 0 Å². The highest BCUT2D eigenvalue weighted by Crippen LogP contribution is 2.26. The van der Waals surface area contributed by atoms with Crippen LogP contribution in [0.4, 0.5) is 0 Å². The van der Waals surface area contributed by atoms with E-state index >= 15 is 0 Å². The molecule has 2 aliphatic heterocycles. The van der Waals surface area contributed by atoms with Crippen LogP contribution in [0, 0.1) is 0 Å². The Morgan fingerprint density at radius 2 is 2.11 bits per heavy atom. The average molecular weight is 291 g/mol. The minimum atomic E-state index is -3.26. The van der Waals surface area contributed by atoms with Crippen molar-refractivity contribution in [2.75, 3.05) is 18.9 Å². The number of piperidine rings is 1. The normalized spacial score (nSPS) is 31.5. The molecule has 0 radical (unpaired) electrons. The molecule has 2 rings (SSSR count). The van der Waals surface area contributed by atoms with Crippen molar-refractivity contribution < 1.29 is 18.3 Å². The van der Waals surface area contributed by atoms with Crippen molar-refractivity contribution in [1.82, 2.24) is 4.31 Å². The van der Waals surface area contributed by atoms with Crippen LogP contribution in [0.2, 0.25) is 0 Å². The predicted molar refractivity (Wildman–Crippen MR) is 73.4 cm³/mol. The van der Waals surface area contributed by atoms with Crippen LogP contribution in [0.5, 0.6) is 0 Å². The Morgan fingerprint density at radius 1 is 1.32 bits per heavy atom. The van der Waals surface area contributed by atoms with Gasteiger partial charge in [0.1, 0.15) is 0 Å². The van der Waals surface area contributed by atoms with Crippen LogP contribution in [-0.4, -0.2) is 55.0 Å². The third-order valence-corrected chi connectivity index (χ3v) is 5.95. The number of hydrogen-bond donors (Lipinski definition) is 1. The first-order chi connectivity index (χ1) is 8.99. The first-order valence-electron chi connectivity index (χ1n) is 7.28. The molecule has 2 heterocycles. The molecule has 2 aliphatic rings. The lowest BCUT2D eigenvalue weighted by Gasteiger charge is -2.35. The van der Waals surface area contributed by atoms with Crippen molar-refractivity contribution in [3.05, 3.63) is 0 Å². The van der Waals surface area contributed by atoms with Crippen LogP contribution in [0.1, 0.15) is 45.4 Å². The highest BCUT2D eigenvalue weighted by molar-refractivity contribution is 7.89. The van der Waals surface area contributed by atoms with Gasteiger partial charge in [-0.05, 0) is 39.0 Å². The Balaban J connectivity index is 2.02. The number of sulfonamides is 1. The molecule has 3 unspecified atom stereocenters. The summed E-state index contributed by atoms with van der Waals surface area (Å²) in [6.07, 6.45) is 4.55. The lowest BCUT2D eigenvalue weighted by Crippen LogP contribution is -2.47. The molecule has 3 atom stereocenters. The minimum absolute atomic E-state index is 0.0415. The third kappa shape index (κ3) is 4.15. The summed E-state index contributed by atoms with van der Waals surface area (Å²) in [5.41, 5.74) is 0. The Morgan fingerprint density at radius 3 is 2.74 bits per heavy atom. The molecule has 112 valence electrons. The van der Waals surface area contributed by atoms with E-state index in [9.17, 15) is 13.5 Å². The predicted octanol–water partition coefficient (Wildman–Crippen LogP) is 1.12. The van der Waals surface area contributed by atoms with E-state index in [-0.39, 0.29) is 17.9 Å². The largest absolute Gasteiger partial charge is 0.393 e. The van der Waals surface area contributed by atoms with E-state index in [1.165, 1.54) is 0 Å². The number of hydrogen-bond acceptors (Lipinski definition) is 4. The molecule has 2 saturated heterocycles. The number of rotatable bonds is 5. The average Bonchev–Trinajstić information content (AvgIpc) is 2.80. The van der Waals surface area contributed by atoms with E-state index in [1.807, 2.05) is 0 Å². The summed E-state index contributed by atoms with van der Waals surface area (Å²) < 4.78 is 32.1. The fraction of sp³-hybridized carbons (Fsp3) is 1.00. The second-order valence-electron chi connectivity index (χ2n) is 5.76. The molecular weight excluding hydrogens is 266 g/mol. The van der Waals surface area contributed by atoms with Gasteiger partial charge in [0.2, 0.25) is 10.0 Å². The van der Waals surface area contributed by atoms with Gasteiger partial charge in [-0.15, -0.1) is 0 Å². The highest BCUT2D eigenvalue weighted by atomic mass is 32.2. The molecule has 2 fully saturated rings. The fourth-order valence-corrected chi connectivity index (χ4v) is 5.05. The molecule has 6 heteroatoms. The first kappa shape index (κ1) is 15.2. The Labute approximate surface area is 116 Å². The summed E-state index contributed by atoms with van der Waals surface area (Å²) in [7, 11) is -3.26. The summed E-state index contributed by atoms with van der Waals surface area (Å²) in [6, 6.07) is -0.0415. The zero-order valence-electron chi connectivity index (χ0n) is 11.6. The lowest BCUT2D eigenvalue weighted by molar-refractivity contribution is 0.119. The summed E-state index contributed by atoms with van der Waals surface area (Å²) in [5, 5.41) is 9.53. The molecule has 0 aromatic rings. The number of aliphatic hydroxyl groups excluding tert-OH is 1. The van der Waals surface area contributed by atoms with Gasteiger partial charge in [0.15, 0.2) is 0 Å². The standard InChI is InChI=1S/C13H25NO4S/c1-11(15)9-12-5-2-3-7-14(12)19(16,17)10-13-6-4-8-18-13/h11-13,15H,2-10H2,1H3. The van der Waals surface area contributed by atoms with Crippen LogP contribution in [0.15, 0.2) is 0 Å². The van der Waals surface area contributed by atoms with E-state index in [1.54, 1.807) is 11.2 Å². The van der Waals surface area contributed by atoms with E-state index in [4.69, 9.17) is 4.74 Å². The molecule has 0 amide bonds. The minimum Gasteiger partial charge on any atom is -0.393 e. The van der Waals surface area contributed by atoms with Crippen molar-refractivity contribution in [3.63, 3.8) is 0 Å². The van der Waals surface area contributed by atoms with E-state index < -0.39 is 16.1 Å². The third-order valence-electron chi connectivity index (χ3n) is 3.96. The summed E-state index contributed by atoms with van der Waals surface area (Å²) in [5.74, 6) is 0.101. The zero-order valence-corrected chi connectivity index (χ0v) is 12.4. The van der Waals surface area contributed by atoms with Gasteiger partial charge in [-0.2, -0.15) is 4.31 Å². The quantitative estimate of drug-likeness (QED) is 0.824. The highest BCUT2D eigenvalue weighted by Gasteiger charge is 2.35. The summed E-state index contributed by atoms with van der Waals surface area (Å²) >= 11 is 0. The molecule has 0 saturated carbocycles. The van der Waals surface area contributed by atoms with E-state index in [0.717, 1.165) is 32.1 Å². The van der Waals surface area contributed by atoms with Gasteiger partial charge in [-0.3, -0.25) is 0 Å². The maximum atomic E-state index is 12.5. The Kier molecular flexibility index (Phi) is 5.22. The van der Waals surface area contributed by atoms with Crippen LogP contribution < -0.4 is 0 Å². The van der Waals surface area contributed by atoms with Crippen LogP contribution in [0.3, 0.4) is 0 Å². The van der Waals surface area contributed by atoms with Crippen molar-refractivity contribution in [2.45, 2.75) is 63.7 Å². The molecule has 5 nitrogen and oxygen atoms in total. The topological polar surface area (TPSA) is 66.8 Å². The Bertz CT molecular complexity index is 376. The van der Waals surface area contributed by atoms with Gasteiger partial charge in [-0.25, -0.2) is 8.42 Å². The molecule has 0 aliphatic carbocycles. The van der Waals surface area contributed by atoms with Crippen molar-refractivity contribution in [3.8, 4) is 0 Å². The second kappa shape index (κ2) is 6.52. The molecule has 1 N–H and O–H groups in total. The Hall–Kier alpha value is -0.170. The molecule has 19 heavy (non-hydrogen) atoms. The SMILES string of the molecule is CC(O)CC1CCCCN1S(=O)(=O)CC1CCCO1. The molecular formula is C13H25NO4S. The number of aliphatic hydroxyl groups is 1. The summed E-state index contributed by atoms with van der Waals surface area (Å²) in [4.78, 5) is 0. The second-order valence-corrected chi connectivity index (χ2v) is 7.72. The molecule has 0 aromatic carbocycles. The fourth-order valence-electron chi connectivity index (χ4n) is 3.08. The maximum absolute atomic E-state index is 12.5. The zero-order chi connectivity index (χ0) is 13.9. The van der Waals surface area contributed by atoms with Crippen molar-refractivity contribution >= 4 is 10.0 Å². The molecule has 0 spiro atoms.